The Bertz CT molecular complexity index is 12100. The van der Waals surface area contributed by atoms with E-state index in [-0.39, 0.29) is 0 Å². The third kappa shape index (κ3) is 11.5. The van der Waals surface area contributed by atoms with Gasteiger partial charge in [-0.05, 0) is 366 Å². The fourth-order valence-corrected chi connectivity index (χ4v) is 27.5. The molecule has 0 saturated heterocycles. The molecule has 0 bridgehead atoms. The molecule has 2 aliphatic rings. The van der Waals surface area contributed by atoms with E-state index < -0.39 is 0 Å². The normalized spacial score (nSPS) is 12.7. The van der Waals surface area contributed by atoms with Crippen LogP contribution in [0.5, 0.6) is 0 Å². The van der Waals surface area contributed by atoms with Gasteiger partial charge >= 0.3 is 0 Å². The van der Waals surface area contributed by atoms with Crippen molar-refractivity contribution in [2.45, 2.75) is 12.8 Å². The van der Waals surface area contributed by atoms with Crippen molar-refractivity contribution < 1.29 is 0 Å². The van der Waals surface area contributed by atoms with Gasteiger partial charge in [0.25, 0.3) is 0 Å². The van der Waals surface area contributed by atoms with Crippen LogP contribution >= 0.6 is 0 Å². The van der Waals surface area contributed by atoms with Crippen LogP contribution in [0.25, 0.3) is 348 Å². The molecule has 8 heteroatoms. The summed E-state index contributed by atoms with van der Waals surface area (Å²) in [5, 5.41) is 56.9. The Labute approximate surface area is 853 Å². The van der Waals surface area contributed by atoms with Crippen molar-refractivity contribution in [2.24, 2.45) is 0 Å². The second-order valence-electron chi connectivity index (χ2n) is 42.2. The van der Waals surface area contributed by atoms with E-state index in [4.69, 9.17) is 0 Å². The van der Waals surface area contributed by atoms with E-state index >= 15 is 0 Å². The summed E-state index contributed by atoms with van der Waals surface area (Å²) in [6.07, 6.45) is 2.05. The van der Waals surface area contributed by atoms with Gasteiger partial charge in [0.1, 0.15) is 0 Å². The molecule has 8 N–H and O–H groups in total. The summed E-state index contributed by atoms with van der Waals surface area (Å²) < 4.78 is 0. The number of nitrogens with one attached hydrogen (secondary N) is 8. The number of para-hydroxylation sites is 3. The van der Waals surface area contributed by atoms with Crippen LogP contribution in [0.2, 0.25) is 0 Å². The van der Waals surface area contributed by atoms with Gasteiger partial charge in [-0.15, -0.1) is 0 Å². The summed E-state index contributed by atoms with van der Waals surface area (Å²) in [5.41, 5.74) is 30.3. The van der Waals surface area contributed by atoms with Crippen LogP contribution in [0.15, 0.2) is 437 Å². The lowest BCUT2D eigenvalue weighted by atomic mass is 9.92. The molecule has 38 rings (SSSR count). The molecule has 0 amide bonds. The average Bonchev–Trinajstić information content (AvgIpc) is 1.79. The first-order valence-electron chi connectivity index (χ1n) is 52.2. The highest BCUT2D eigenvalue weighted by molar-refractivity contribution is 6.37. The van der Waals surface area contributed by atoms with Gasteiger partial charge in [0, 0.05) is 174 Å². The zero-order valence-electron chi connectivity index (χ0n) is 81.0. The molecule has 0 fully saturated rings. The molecule has 36 aromatic rings. The molecular formula is C142H84N8. The molecule has 0 spiro atoms. The van der Waals surface area contributed by atoms with Crippen molar-refractivity contribution in [1.29, 1.82) is 0 Å². The molecule has 8 heterocycles. The minimum Gasteiger partial charge on any atom is -0.354 e. The zero-order chi connectivity index (χ0) is 97.2. The lowest BCUT2D eigenvalue weighted by Crippen LogP contribution is -1.85. The molecule has 0 radical (unpaired) electrons. The first-order valence-corrected chi connectivity index (χ1v) is 52.2. The standard InChI is InChI=1S/C42H24N2.C38H22N4.C35H21N.C27H17N/c1-3-7-25-19-31-27(17-23(25)5-1)9-13-35-39(31)41-33-21-30-12-16-38-42(34(30)22-29(33)11-15-37(41)43-35)40-32-20-26-8-4-2-6-24(26)18-28(32)10-14-36(40)44-38;1-3-7-29-21(5-1)25-15-35-27(17-33(25)39-29)37-23-13-20-10-12-32-38(24(20)14-19(23)9-11-31(37)41-35)28-18-34-26(16-36(28)42-32)22-6-2-4-8-30(22)40-34;1-2-6-21-17-30-25(15-20(21)5-1)16-24-9-10-26-27-13-14-32-35(29(27)12-11-28(26)34(24)30)31-18-22-7-3-4-8-23(22)19-33(31)36-32;1-2-6-18-16(5-1)15-17-9-10-19-20-13-14-25-27(22(20)12-11-21(19)26(17)18)23-7-3-4-8-24(23)28-25/h1-22,43-44H;1-18,39-42H;1-15,17-19,36H,16H2;1-14,28H,15H2. The van der Waals surface area contributed by atoms with Crippen LogP contribution in [-0.4, -0.2) is 39.9 Å². The largest absolute Gasteiger partial charge is 0.354 e. The summed E-state index contributed by atoms with van der Waals surface area (Å²) in [6, 6.07) is 162. The van der Waals surface area contributed by atoms with Crippen LogP contribution < -0.4 is 0 Å². The maximum Gasteiger partial charge on any atom is 0.0472 e. The molecule has 28 aromatic carbocycles. The number of aromatic amines is 8. The predicted octanol–water partition coefficient (Wildman–Crippen LogP) is 39.1. The third-order valence-corrected chi connectivity index (χ3v) is 34.2. The highest BCUT2D eigenvalue weighted by atomic mass is 14.8. The van der Waals surface area contributed by atoms with E-state index in [0.717, 1.165) is 12.8 Å². The number of fused-ring (bicyclic) bond motifs is 56. The molecule has 0 atom stereocenters. The first-order chi connectivity index (χ1) is 74.2. The van der Waals surface area contributed by atoms with Crippen LogP contribution in [-0.2, 0) is 12.8 Å². The van der Waals surface area contributed by atoms with Crippen LogP contribution in [0.4, 0.5) is 0 Å². The highest BCUT2D eigenvalue weighted by Gasteiger charge is 2.28. The fraction of sp³-hybridized carbons (Fsp3) is 0.0141. The van der Waals surface area contributed by atoms with Crippen LogP contribution in [0.1, 0.15) is 22.3 Å². The molecule has 150 heavy (non-hydrogen) atoms. The number of hydrogen-bond acceptors (Lipinski definition) is 0. The van der Waals surface area contributed by atoms with E-state index in [0.29, 0.717) is 0 Å². The summed E-state index contributed by atoms with van der Waals surface area (Å²) in [6.45, 7) is 0. The number of H-pyrrole nitrogens is 8. The van der Waals surface area contributed by atoms with Crippen LogP contribution in [0, 0.1) is 0 Å². The van der Waals surface area contributed by atoms with Gasteiger partial charge in [-0.1, -0.05) is 279 Å². The molecule has 0 aliphatic heterocycles. The Morgan fingerprint density at radius 1 is 0.107 bits per heavy atom. The van der Waals surface area contributed by atoms with Crippen molar-refractivity contribution in [3.05, 3.63) is 459 Å². The molecule has 0 unspecified atom stereocenters. The van der Waals surface area contributed by atoms with Gasteiger partial charge in [-0.25, -0.2) is 0 Å². The van der Waals surface area contributed by atoms with Gasteiger partial charge < -0.3 is 39.9 Å². The minimum atomic E-state index is 1.01. The number of aromatic nitrogens is 8. The summed E-state index contributed by atoms with van der Waals surface area (Å²) >= 11 is 0. The molecule has 2 aliphatic carbocycles. The molecule has 692 valence electrons. The SMILES string of the molecule is c1ccc2c(c1)Cc1ccc3c(ccc4c3ccc3[nH]c5ccccc5c34)c1-2.c1ccc2c(c1)[nH]c1cc3c(cc12)[nH]c1ccc2cc4c(ccc5[nH]c6cc7c(cc6c54)[nH]c4ccccc47)cc2c13.c1ccc2cc3c(cc2c1)Cc1ccc2c(ccc4c2ccc2[nH]c5cc6ccccc6cc5c24)c1-3.c1ccc2cc3c(ccc4[nH]c5ccc6cc7c(ccc8[nH]c9ccc%10cc%11ccccc%11cc%10c9c87)cc6c5c43)cc2c1. The second-order valence-corrected chi connectivity index (χ2v) is 42.2. The van der Waals surface area contributed by atoms with Crippen LogP contribution in [0.3, 0.4) is 0 Å². The van der Waals surface area contributed by atoms with Gasteiger partial charge in [0.15, 0.2) is 0 Å². The monoisotopic (exact) mass is 1900 g/mol. The van der Waals surface area contributed by atoms with Crippen molar-refractivity contribution >= 4 is 325 Å². The van der Waals surface area contributed by atoms with E-state index in [1.165, 1.54) is 370 Å². The number of benzene rings is 28. The van der Waals surface area contributed by atoms with Gasteiger partial charge in [0.05, 0.1) is 0 Å². The van der Waals surface area contributed by atoms with Gasteiger partial charge in [-0.2, -0.15) is 0 Å². The fourth-order valence-electron chi connectivity index (χ4n) is 27.5. The average molecular weight is 1900 g/mol. The Hall–Kier alpha value is -19.8. The first kappa shape index (κ1) is 80.6. The van der Waals surface area contributed by atoms with Gasteiger partial charge in [-0.3, -0.25) is 0 Å². The second kappa shape index (κ2) is 30.0. The summed E-state index contributed by atoms with van der Waals surface area (Å²) in [5.74, 6) is 0. The highest BCUT2D eigenvalue weighted by Crippen LogP contribution is 2.52. The predicted molar refractivity (Wildman–Crippen MR) is 642 cm³/mol. The van der Waals surface area contributed by atoms with Crippen molar-refractivity contribution in [1.82, 2.24) is 39.9 Å². The van der Waals surface area contributed by atoms with E-state index in [9.17, 15) is 0 Å². The Morgan fingerprint density at radius 3 is 0.833 bits per heavy atom. The summed E-state index contributed by atoms with van der Waals surface area (Å²) in [7, 11) is 0. The number of rotatable bonds is 0. The van der Waals surface area contributed by atoms with Crippen molar-refractivity contribution in [3.8, 4) is 22.3 Å². The van der Waals surface area contributed by atoms with E-state index in [1.807, 2.05) is 0 Å². The van der Waals surface area contributed by atoms with Crippen molar-refractivity contribution in [2.75, 3.05) is 0 Å². The zero-order valence-corrected chi connectivity index (χ0v) is 81.0. The maximum absolute atomic E-state index is 3.74. The summed E-state index contributed by atoms with van der Waals surface area (Å²) in [4.78, 5) is 29.4. The third-order valence-electron chi connectivity index (χ3n) is 34.2. The van der Waals surface area contributed by atoms with Gasteiger partial charge in [0.2, 0.25) is 0 Å². The molecule has 8 nitrogen and oxygen atoms in total. The lowest BCUT2D eigenvalue weighted by Gasteiger charge is -2.11. The molecule has 0 saturated carbocycles. The maximum atomic E-state index is 3.74. The number of hydrogen-bond donors (Lipinski definition) is 8. The molecule has 8 aromatic heterocycles. The Balaban J connectivity index is 0.0000000846. The Morgan fingerprint density at radius 2 is 0.367 bits per heavy atom. The lowest BCUT2D eigenvalue weighted by molar-refractivity contribution is 1.27. The quantitative estimate of drug-likeness (QED) is 0.0544. The minimum absolute atomic E-state index is 1.01. The smallest absolute Gasteiger partial charge is 0.0472 e. The van der Waals surface area contributed by atoms with E-state index in [2.05, 4.69) is 477 Å². The topological polar surface area (TPSA) is 126 Å². The van der Waals surface area contributed by atoms with Crippen molar-refractivity contribution in [3.63, 3.8) is 0 Å². The molecular weight excluding hydrogens is 1820 g/mol. The Kier molecular flexibility index (Phi) is 16.1. The van der Waals surface area contributed by atoms with E-state index in [1.54, 1.807) is 0 Å².